The van der Waals surface area contributed by atoms with E-state index in [-0.39, 0.29) is 24.1 Å². The van der Waals surface area contributed by atoms with Crippen LogP contribution in [0.4, 0.5) is 5.95 Å². The molecule has 1 rings (SSSR count). The highest BCUT2D eigenvalue weighted by Gasteiger charge is 2.17. The van der Waals surface area contributed by atoms with Gasteiger partial charge >= 0.3 is 5.97 Å². The lowest BCUT2D eigenvalue weighted by molar-refractivity contribution is -0.137. The number of carboxylic acid groups (broad SMARTS) is 1. The lowest BCUT2D eigenvalue weighted by Crippen LogP contribution is -2.29. The maximum Gasteiger partial charge on any atom is 0.326 e. The molecule has 0 aliphatic rings. The summed E-state index contributed by atoms with van der Waals surface area (Å²) in [5, 5.41) is 11.7. The summed E-state index contributed by atoms with van der Waals surface area (Å²) in [6.07, 6.45) is 1.75. The number of methoxy groups -OCH3 is 2. The van der Waals surface area contributed by atoms with E-state index in [0.717, 1.165) is 0 Å². The van der Waals surface area contributed by atoms with Gasteiger partial charge in [0.15, 0.2) is 0 Å². The topological polar surface area (TPSA) is 93.6 Å². The lowest BCUT2D eigenvalue weighted by Gasteiger charge is -2.13. The molecule has 1 aromatic heterocycles. The number of hydrogen-bond acceptors (Lipinski definition) is 6. The molecule has 7 nitrogen and oxygen atoms in total. The van der Waals surface area contributed by atoms with Crippen LogP contribution in [0.2, 0.25) is 0 Å². The molecule has 0 fully saturated rings. The van der Waals surface area contributed by atoms with Gasteiger partial charge in [0.05, 0.1) is 20.3 Å². The number of ether oxygens (including phenoxy) is 2. The van der Waals surface area contributed by atoms with E-state index in [1.54, 1.807) is 0 Å². The Bertz CT molecular complexity index is 414. The van der Waals surface area contributed by atoms with E-state index in [1.165, 1.54) is 26.4 Å². The first-order valence-electron chi connectivity index (χ1n) is 5.18. The number of aliphatic carboxylic acids is 1. The molecule has 0 bridgehead atoms. The molecule has 0 aliphatic carbocycles. The van der Waals surface area contributed by atoms with Crippen LogP contribution < -0.4 is 14.8 Å². The second kappa shape index (κ2) is 6.43. The van der Waals surface area contributed by atoms with Crippen LogP contribution in [0.1, 0.15) is 6.42 Å². The van der Waals surface area contributed by atoms with Crippen molar-refractivity contribution in [3.05, 3.63) is 18.7 Å². The van der Waals surface area contributed by atoms with Crippen LogP contribution >= 0.6 is 0 Å². The van der Waals surface area contributed by atoms with Crippen molar-refractivity contribution in [1.82, 2.24) is 9.97 Å². The van der Waals surface area contributed by atoms with E-state index < -0.39 is 12.0 Å². The molecule has 0 saturated heterocycles. The number of nitrogens with zero attached hydrogens (tertiary/aromatic N) is 2. The van der Waals surface area contributed by atoms with Crippen LogP contribution in [0.15, 0.2) is 18.7 Å². The second-order valence-corrected chi connectivity index (χ2v) is 3.34. The van der Waals surface area contributed by atoms with Gasteiger partial charge < -0.3 is 19.9 Å². The zero-order valence-corrected chi connectivity index (χ0v) is 10.2. The highest BCUT2D eigenvalue weighted by Crippen LogP contribution is 2.18. The monoisotopic (exact) mass is 253 g/mol. The summed E-state index contributed by atoms with van der Waals surface area (Å²) in [5.74, 6) is -0.320. The summed E-state index contributed by atoms with van der Waals surface area (Å²) < 4.78 is 9.92. The third-order valence-corrected chi connectivity index (χ3v) is 2.10. The first-order valence-corrected chi connectivity index (χ1v) is 5.18. The highest BCUT2D eigenvalue weighted by molar-refractivity contribution is 5.76. The quantitative estimate of drug-likeness (QED) is 0.698. The van der Waals surface area contributed by atoms with E-state index in [2.05, 4.69) is 21.9 Å². The van der Waals surface area contributed by atoms with E-state index in [9.17, 15) is 4.79 Å². The molecule has 7 heteroatoms. The minimum absolute atomic E-state index is 0.125. The smallest absolute Gasteiger partial charge is 0.326 e. The van der Waals surface area contributed by atoms with Crippen molar-refractivity contribution in [2.75, 3.05) is 19.5 Å². The zero-order chi connectivity index (χ0) is 13.5. The van der Waals surface area contributed by atoms with Crippen LogP contribution in [-0.2, 0) is 4.79 Å². The SMILES string of the molecule is C=CCC(Nc1nc(OC)cc(OC)n1)C(=O)O. The van der Waals surface area contributed by atoms with Gasteiger partial charge in [-0.3, -0.25) is 0 Å². The summed E-state index contributed by atoms with van der Waals surface area (Å²) in [4.78, 5) is 18.9. The van der Waals surface area contributed by atoms with Crippen LogP contribution in [0, 0.1) is 0 Å². The number of carbonyl (C=O) groups is 1. The molecule has 1 unspecified atom stereocenters. The van der Waals surface area contributed by atoms with Gasteiger partial charge in [-0.15, -0.1) is 6.58 Å². The molecule has 98 valence electrons. The molecule has 1 aromatic rings. The molecule has 1 atom stereocenters. The van der Waals surface area contributed by atoms with E-state index >= 15 is 0 Å². The van der Waals surface area contributed by atoms with Crippen molar-refractivity contribution in [3.63, 3.8) is 0 Å². The summed E-state index contributed by atoms with van der Waals surface area (Å²) in [6.45, 7) is 3.50. The summed E-state index contributed by atoms with van der Waals surface area (Å²) >= 11 is 0. The average Bonchev–Trinajstić information content (AvgIpc) is 2.37. The van der Waals surface area contributed by atoms with Crippen LogP contribution in [0.3, 0.4) is 0 Å². The molecule has 0 radical (unpaired) electrons. The third kappa shape index (κ3) is 3.62. The molecular formula is C11H15N3O4. The largest absolute Gasteiger partial charge is 0.481 e. The van der Waals surface area contributed by atoms with Crippen molar-refractivity contribution >= 4 is 11.9 Å². The number of rotatable bonds is 7. The van der Waals surface area contributed by atoms with E-state index in [1.807, 2.05) is 0 Å². The summed E-state index contributed by atoms with van der Waals surface area (Å²) in [6, 6.07) is 0.647. The molecule has 0 spiro atoms. The maximum absolute atomic E-state index is 11.0. The second-order valence-electron chi connectivity index (χ2n) is 3.34. The van der Waals surface area contributed by atoms with E-state index in [4.69, 9.17) is 14.6 Å². The van der Waals surface area contributed by atoms with Gasteiger partial charge in [-0.25, -0.2) is 4.79 Å². The molecule has 1 heterocycles. The fraction of sp³-hybridized carbons (Fsp3) is 0.364. The van der Waals surface area contributed by atoms with Crippen molar-refractivity contribution < 1.29 is 19.4 Å². The van der Waals surface area contributed by atoms with Gasteiger partial charge in [0.25, 0.3) is 0 Å². The predicted octanol–water partition coefficient (Wildman–Crippen LogP) is 0.935. The molecule has 0 saturated carbocycles. The summed E-state index contributed by atoms with van der Waals surface area (Å²) in [5.41, 5.74) is 0. The Kier molecular flexibility index (Phi) is 4.91. The highest BCUT2D eigenvalue weighted by atomic mass is 16.5. The first-order chi connectivity index (χ1) is 8.60. The molecular weight excluding hydrogens is 238 g/mol. The first kappa shape index (κ1) is 13.8. The van der Waals surface area contributed by atoms with Crippen LogP contribution in [0.25, 0.3) is 0 Å². The molecule has 0 aromatic carbocycles. The third-order valence-electron chi connectivity index (χ3n) is 2.10. The minimum atomic E-state index is -1.01. The van der Waals surface area contributed by atoms with Crippen molar-refractivity contribution in [2.45, 2.75) is 12.5 Å². The number of nitrogens with one attached hydrogen (secondary N) is 1. The van der Waals surface area contributed by atoms with E-state index in [0.29, 0.717) is 0 Å². The van der Waals surface area contributed by atoms with Gasteiger partial charge in [-0.2, -0.15) is 9.97 Å². The number of hydrogen-bond donors (Lipinski definition) is 2. The van der Waals surface area contributed by atoms with Crippen molar-refractivity contribution in [2.24, 2.45) is 0 Å². The van der Waals surface area contributed by atoms with Crippen LogP contribution in [-0.4, -0.2) is 41.3 Å². The Morgan fingerprint density at radius 3 is 2.44 bits per heavy atom. The van der Waals surface area contributed by atoms with Crippen molar-refractivity contribution in [1.29, 1.82) is 0 Å². The van der Waals surface area contributed by atoms with Gasteiger partial charge in [0.2, 0.25) is 17.7 Å². The van der Waals surface area contributed by atoms with Gasteiger partial charge in [-0.1, -0.05) is 6.08 Å². The Labute approximate surface area is 104 Å². The predicted molar refractivity (Wildman–Crippen MR) is 65.0 cm³/mol. The van der Waals surface area contributed by atoms with Gasteiger partial charge in [0, 0.05) is 0 Å². The average molecular weight is 253 g/mol. The fourth-order valence-electron chi connectivity index (χ4n) is 1.22. The van der Waals surface area contributed by atoms with Crippen molar-refractivity contribution in [3.8, 4) is 11.8 Å². The number of anilines is 1. The Morgan fingerprint density at radius 1 is 1.50 bits per heavy atom. The molecule has 0 amide bonds. The maximum atomic E-state index is 11.0. The number of aromatic nitrogens is 2. The zero-order valence-electron chi connectivity index (χ0n) is 10.2. The van der Waals surface area contributed by atoms with Gasteiger partial charge in [-0.05, 0) is 6.42 Å². The molecule has 2 N–H and O–H groups in total. The normalized spacial score (nSPS) is 11.4. The lowest BCUT2D eigenvalue weighted by atomic mass is 10.2. The summed E-state index contributed by atoms with van der Waals surface area (Å²) in [7, 11) is 2.90. The molecule has 0 aliphatic heterocycles. The number of carboxylic acids is 1. The standard InChI is InChI=1S/C11H15N3O4/c1-4-5-7(10(15)16)12-11-13-8(17-2)6-9(14-11)18-3/h4,6-7H,1,5H2,2-3H3,(H,15,16)(H,12,13,14). The Morgan fingerprint density at radius 2 is 2.06 bits per heavy atom. The Hall–Kier alpha value is -2.31. The van der Waals surface area contributed by atoms with Crippen LogP contribution in [0.5, 0.6) is 11.8 Å². The van der Waals surface area contributed by atoms with Gasteiger partial charge in [0.1, 0.15) is 6.04 Å². The Balaban J connectivity index is 2.93. The fourth-order valence-corrected chi connectivity index (χ4v) is 1.22. The molecule has 18 heavy (non-hydrogen) atoms. The minimum Gasteiger partial charge on any atom is -0.481 e.